The number of amides is 1. The zero-order valence-electron chi connectivity index (χ0n) is 9.78. The molecule has 1 heterocycles. The zero-order chi connectivity index (χ0) is 12.4. The second kappa shape index (κ2) is 4.59. The van der Waals surface area contributed by atoms with E-state index in [4.69, 9.17) is 5.73 Å². The van der Waals surface area contributed by atoms with Gasteiger partial charge in [-0.25, -0.2) is 0 Å². The number of allylic oxidation sites excluding steroid dienone is 2. The summed E-state index contributed by atoms with van der Waals surface area (Å²) in [5, 5.41) is 5.86. The number of hydrogen-bond acceptors (Lipinski definition) is 3. The summed E-state index contributed by atoms with van der Waals surface area (Å²) in [5.74, 6) is -0.159. The van der Waals surface area contributed by atoms with Crippen LogP contribution in [0.3, 0.4) is 0 Å². The number of carbonyl (C=O) groups is 1. The number of nitrogens with one attached hydrogen (secondary N) is 1. The van der Waals surface area contributed by atoms with Crippen molar-refractivity contribution < 1.29 is 4.79 Å². The van der Waals surface area contributed by atoms with Gasteiger partial charge in [-0.2, -0.15) is 0 Å². The summed E-state index contributed by atoms with van der Waals surface area (Å²) in [6.07, 6.45) is 1.85. The fourth-order valence-corrected chi connectivity index (χ4v) is 2.35. The van der Waals surface area contributed by atoms with Crippen LogP contribution in [-0.2, 0) is 0 Å². The van der Waals surface area contributed by atoms with Crippen molar-refractivity contribution in [2.24, 2.45) is 0 Å². The van der Waals surface area contributed by atoms with Crippen molar-refractivity contribution in [1.29, 1.82) is 0 Å². The van der Waals surface area contributed by atoms with Crippen LogP contribution in [0, 0.1) is 0 Å². The molecule has 3 nitrogen and oxygen atoms in total. The molecular formula is C13H14N2OS. The van der Waals surface area contributed by atoms with Gasteiger partial charge in [0.25, 0.3) is 5.91 Å². The maximum absolute atomic E-state index is 12.0. The van der Waals surface area contributed by atoms with Gasteiger partial charge in [0.1, 0.15) is 0 Å². The van der Waals surface area contributed by atoms with Crippen molar-refractivity contribution in [2.75, 3.05) is 5.73 Å². The first-order chi connectivity index (χ1) is 8.11. The van der Waals surface area contributed by atoms with E-state index in [0.717, 1.165) is 15.8 Å². The predicted octanol–water partition coefficient (Wildman–Crippen LogP) is 3.14. The molecule has 0 atom stereocenters. The molecule has 3 N–H and O–H groups in total. The lowest BCUT2D eigenvalue weighted by Gasteiger charge is -2.07. The topological polar surface area (TPSA) is 55.1 Å². The molecule has 0 saturated carbocycles. The summed E-state index contributed by atoms with van der Waals surface area (Å²) in [6, 6.07) is 5.68. The van der Waals surface area contributed by atoms with E-state index in [1.165, 1.54) is 0 Å². The smallest absolute Gasteiger partial charge is 0.257 e. The highest BCUT2D eigenvalue weighted by Gasteiger charge is 2.11. The number of anilines is 1. The van der Waals surface area contributed by atoms with E-state index in [2.05, 4.69) is 5.32 Å². The van der Waals surface area contributed by atoms with Gasteiger partial charge in [0.2, 0.25) is 0 Å². The first-order valence-corrected chi connectivity index (χ1v) is 6.21. The standard InChI is InChI=1S/C13H14N2OS/c1-3-8(2)15-13(16)10-7-12-9(4-5-17-12)6-11(10)14/h3-7H,14H2,1-2H3,(H,15,16)/b8-3+. The van der Waals surface area contributed by atoms with Crippen molar-refractivity contribution in [3.63, 3.8) is 0 Å². The normalized spacial score (nSPS) is 11.8. The van der Waals surface area contributed by atoms with E-state index in [1.807, 2.05) is 43.5 Å². The van der Waals surface area contributed by atoms with Crippen LogP contribution in [-0.4, -0.2) is 5.91 Å². The quantitative estimate of drug-likeness (QED) is 0.800. The van der Waals surface area contributed by atoms with Crippen LogP contribution in [0.5, 0.6) is 0 Å². The lowest BCUT2D eigenvalue weighted by Crippen LogP contribution is -2.22. The molecule has 4 heteroatoms. The van der Waals surface area contributed by atoms with Crippen LogP contribution in [0.1, 0.15) is 24.2 Å². The second-order valence-corrected chi connectivity index (χ2v) is 4.77. The van der Waals surface area contributed by atoms with E-state index in [-0.39, 0.29) is 5.91 Å². The van der Waals surface area contributed by atoms with Gasteiger partial charge in [0.15, 0.2) is 0 Å². The molecule has 1 amide bonds. The number of thiophene rings is 1. The summed E-state index contributed by atoms with van der Waals surface area (Å²) < 4.78 is 1.07. The van der Waals surface area contributed by atoms with Crippen molar-refractivity contribution in [2.45, 2.75) is 13.8 Å². The summed E-state index contributed by atoms with van der Waals surface area (Å²) in [5.41, 5.74) is 7.75. The van der Waals surface area contributed by atoms with Crippen LogP contribution < -0.4 is 11.1 Å². The number of nitrogens with two attached hydrogens (primary N) is 1. The average Bonchev–Trinajstić information content (AvgIpc) is 2.74. The zero-order valence-corrected chi connectivity index (χ0v) is 10.6. The van der Waals surface area contributed by atoms with Gasteiger partial charge in [-0.1, -0.05) is 6.08 Å². The maximum atomic E-state index is 12.0. The SMILES string of the molecule is C/C=C(\C)NC(=O)c1cc2sccc2cc1N. The van der Waals surface area contributed by atoms with Gasteiger partial charge in [0, 0.05) is 16.1 Å². The van der Waals surface area contributed by atoms with Crippen molar-refractivity contribution in [3.05, 3.63) is 40.9 Å². The Kier molecular flexibility index (Phi) is 3.15. The van der Waals surface area contributed by atoms with Crippen LogP contribution in [0.4, 0.5) is 5.69 Å². The Morgan fingerprint density at radius 1 is 1.47 bits per heavy atom. The Bertz CT molecular complexity index is 598. The van der Waals surface area contributed by atoms with Crippen molar-refractivity contribution >= 4 is 33.0 Å². The fraction of sp³-hybridized carbons (Fsp3) is 0.154. The van der Waals surface area contributed by atoms with E-state index >= 15 is 0 Å². The third kappa shape index (κ3) is 2.31. The average molecular weight is 246 g/mol. The second-order valence-electron chi connectivity index (χ2n) is 3.82. The first kappa shape index (κ1) is 11.7. The maximum Gasteiger partial charge on any atom is 0.257 e. The van der Waals surface area contributed by atoms with Gasteiger partial charge in [-0.05, 0) is 42.8 Å². The first-order valence-electron chi connectivity index (χ1n) is 5.33. The minimum atomic E-state index is -0.159. The predicted molar refractivity (Wildman–Crippen MR) is 73.1 cm³/mol. The Morgan fingerprint density at radius 3 is 2.94 bits per heavy atom. The number of rotatable bonds is 2. The summed E-state index contributed by atoms with van der Waals surface area (Å²) in [7, 11) is 0. The molecule has 1 aromatic carbocycles. The molecule has 88 valence electrons. The Hall–Kier alpha value is -1.81. The summed E-state index contributed by atoms with van der Waals surface area (Å²) in [6.45, 7) is 3.72. The van der Waals surface area contributed by atoms with Crippen LogP contribution in [0.15, 0.2) is 35.4 Å². The number of nitrogen functional groups attached to an aromatic ring is 1. The molecule has 0 radical (unpaired) electrons. The molecule has 2 rings (SSSR count). The molecule has 0 spiro atoms. The third-order valence-corrected chi connectivity index (χ3v) is 3.49. The minimum Gasteiger partial charge on any atom is -0.398 e. The van der Waals surface area contributed by atoms with Gasteiger partial charge in [0.05, 0.1) is 5.56 Å². The van der Waals surface area contributed by atoms with E-state index in [1.54, 1.807) is 11.3 Å². The largest absolute Gasteiger partial charge is 0.398 e. The summed E-state index contributed by atoms with van der Waals surface area (Å²) in [4.78, 5) is 12.0. The molecular weight excluding hydrogens is 232 g/mol. The Morgan fingerprint density at radius 2 is 2.24 bits per heavy atom. The van der Waals surface area contributed by atoms with Gasteiger partial charge in [-0.15, -0.1) is 11.3 Å². The molecule has 0 saturated heterocycles. The third-order valence-electron chi connectivity index (χ3n) is 2.61. The monoisotopic (exact) mass is 246 g/mol. The molecule has 0 aliphatic heterocycles. The molecule has 0 fully saturated rings. The van der Waals surface area contributed by atoms with E-state index in [0.29, 0.717) is 11.3 Å². The summed E-state index contributed by atoms with van der Waals surface area (Å²) >= 11 is 1.60. The Labute approximate surface area is 104 Å². The Balaban J connectivity index is 2.40. The highest BCUT2D eigenvalue weighted by atomic mass is 32.1. The highest BCUT2D eigenvalue weighted by Crippen LogP contribution is 2.26. The number of fused-ring (bicyclic) bond motifs is 1. The molecule has 0 aliphatic rings. The molecule has 2 aromatic rings. The number of benzene rings is 1. The molecule has 0 unspecified atom stereocenters. The highest BCUT2D eigenvalue weighted by molar-refractivity contribution is 7.17. The number of hydrogen-bond donors (Lipinski definition) is 2. The van der Waals surface area contributed by atoms with Crippen molar-refractivity contribution in [1.82, 2.24) is 5.32 Å². The van der Waals surface area contributed by atoms with Gasteiger partial charge >= 0.3 is 0 Å². The molecule has 1 aromatic heterocycles. The van der Waals surface area contributed by atoms with Crippen molar-refractivity contribution in [3.8, 4) is 0 Å². The van der Waals surface area contributed by atoms with Gasteiger partial charge in [-0.3, -0.25) is 4.79 Å². The molecule has 17 heavy (non-hydrogen) atoms. The lowest BCUT2D eigenvalue weighted by atomic mass is 10.1. The minimum absolute atomic E-state index is 0.159. The van der Waals surface area contributed by atoms with Crippen LogP contribution in [0.2, 0.25) is 0 Å². The van der Waals surface area contributed by atoms with E-state index in [9.17, 15) is 4.79 Å². The molecule has 0 aliphatic carbocycles. The number of carbonyl (C=O) groups excluding carboxylic acids is 1. The van der Waals surface area contributed by atoms with Crippen LogP contribution >= 0.6 is 11.3 Å². The van der Waals surface area contributed by atoms with Gasteiger partial charge < -0.3 is 11.1 Å². The van der Waals surface area contributed by atoms with E-state index < -0.39 is 0 Å². The molecule has 0 bridgehead atoms. The van der Waals surface area contributed by atoms with Crippen LogP contribution in [0.25, 0.3) is 10.1 Å². The lowest BCUT2D eigenvalue weighted by molar-refractivity contribution is 0.0967. The fourth-order valence-electron chi connectivity index (χ4n) is 1.54.